The Balaban J connectivity index is 1.67. The minimum Gasteiger partial charge on any atom is -0.480 e. The van der Waals surface area contributed by atoms with E-state index >= 15 is 0 Å². The van der Waals surface area contributed by atoms with Gasteiger partial charge < -0.3 is 10.1 Å². The number of aromatic nitrogens is 3. The van der Waals surface area contributed by atoms with Crippen molar-refractivity contribution in [2.24, 2.45) is 0 Å². The summed E-state index contributed by atoms with van der Waals surface area (Å²) < 4.78 is 23.2. The average molecular weight is 437 g/mol. The highest BCUT2D eigenvalue weighted by atomic mass is 35.5. The van der Waals surface area contributed by atoms with Gasteiger partial charge in [-0.25, -0.2) is 9.07 Å². The van der Waals surface area contributed by atoms with Gasteiger partial charge in [-0.2, -0.15) is 10.1 Å². The standard InChI is InChI=1S/C22H14ClFN4OS/c23-12-7-8-16-14(10-12)19-18(21(29-16)17-6-3-9-30-17)20(13-4-1-2-5-15(13)24)28-22(27-19)25-11-26-28/h1-11,20-21H,(H,25,26,27)/t20-,21+/m1/s1. The molecule has 2 aromatic carbocycles. The molecule has 5 nitrogen and oxygen atoms in total. The van der Waals surface area contributed by atoms with Crippen molar-refractivity contribution in [2.75, 3.05) is 5.32 Å². The number of benzene rings is 2. The van der Waals surface area contributed by atoms with Crippen molar-refractivity contribution in [2.45, 2.75) is 12.1 Å². The van der Waals surface area contributed by atoms with Crippen LogP contribution in [0.1, 0.15) is 28.1 Å². The lowest BCUT2D eigenvalue weighted by Crippen LogP contribution is -2.32. The largest absolute Gasteiger partial charge is 0.480 e. The molecule has 30 heavy (non-hydrogen) atoms. The highest BCUT2D eigenvalue weighted by Gasteiger charge is 2.42. The third-order valence-corrected chi connectivity index (χ3v) is 6.53. The van der Waals surface area contributed by atoms with Crippen LogP contribution in [0.4, 0.5) is 10.3 Å². The molecule has 0 aliphatic carbocycles. The summed E-state index contributed by atoms with van der Waals surface area (Å²) in [5.41, 5.74) is 3.02. The summed E-state index contributed by atoms with van der Waals surface area (Å²) >= 11 is 7.90. The third kappa shape index (κ3) is 2.59. The second-order valence-electron chi connectivity index (χ2n) is 7.06. The topological polar surface area (TPSA) is 52.0 Å². The summed E-state index contributed by atoms with van der Waals surface area (Å²) in [7, 11) is 0. The molecular weight excluding hydrogens is 423 g/mol. The number of thiophene rings is 1. The van der Waals surface area contributed by atoms with Crippen LogP contribution >= 0.6 is 22.9 Å². The molecule has 0 unspecified atom stereocenters. The lowest BCUT2D eigenvalue weighted by molar-refractivity contribution is 0.226. The van der Waals surface area contributed by atoms with Crippen LogP contribution in [0.25, 0.3) is 5.70 Å². The first-order valence-electron chi connectivity index (χ1n) is 9.35. The monoisotopic (exact) mass is 436 g/mol. The second kappa shape index (κ2) is 6.68. The summed E-state index contributed by atoms with van der Waals surface area (Å²) in [5, 5.41) is 10.4. The molecule has 4 aromatic rings. The molecule has 2 atom stereocenters. The van der Waals surface area contributed by atoms with E-state index < -0.39 is 12.1 Å². The number of halogens is 2. The van der Waals surface area contributed by atoms with Gasteiger partial charge in [0.2, 0.25) is 5.95 Å². The van der Waals surface area contributed by atoms with E-state index in [1.807, 2.05) is 35.7 Å². The molecule has 0 saturated heterocycles. The number of hydrogen-bond acceptors (Lipinski definition) is 5. The zero-order valence-corrected chi connectivity index (χ0v) is 17.0. The predicted molar refractivity (Wildman–Crippen MR) is 114 cm³/mol. The Morgan fingerprint density at radius 2 is 2.03 bits per heavy atom. The highest BCUT2D eigenvalue weighted by molar-refractivity contribution is 7.10. The van der Waals surface area contributed by atoms with Crippen LogP contribution in [-0.2, 0) is 0 Å². The first kappa shape index (κ1) is 17.7. The zero-order chi connectivity index (χ0) is 20.2. The van der Waals surface area contributed by atoms with Crippen molar-refractivity contribution in [1.29, 1.82) is 0 Å². The minimum absolute atomic E-state index is 0.306. The smallest absolute Gasteiger partial charge is 0.226 e. The Bertz CT molecular complexity index is 1300. The Labute approximate surface area is 180 Å². The molecular formula is C22H14ClFN4OS. The van der Waals surface area contributed by atoms with Gasteiger partial charge in [-0.1, -0.05) is 35.9 Å². The van der Waals surface area contributed by atoms with E-state index in [2.05, 4.69) is 15.4 Å². The van der Waals surface area contributed by atoms with Crippen LogP contribution in [0.5, 0.6) is 5.75 Å². The predicted octanol–water partition coefficient (Wildman–Crippen LogP) is 5.69. The number of hydrogen-bond donors (Lipinski definition) is 1. The van der Waals surface area contributed by atoms with Crippen molar-refractivity contribution in [3.63, 3.8) is 0 Å². The molecule has 8 heteroatoms. The number of fused-ring (bicyclic) bond motifs is 3. The average Bonchev–Trinajstić information content (AvgIpc) is 3.44. The van der Waals surface area contributed by atoms with Crippen molar-refractivity contribution in [3.8, 4) is 5.75 Å². The van der Waals surface area contributed by atoms with Crippen LogP contribution < -0.4 is 10.1 Å². The van der Waals surface area contributed by atoms with Crippen LogP contribution in [-0.4, -0.2) is 14.8 Å². The fourth-order valence-corrected chi connectivity index (χ4v) is 5.06. The van der Waals surface area contributed by atoms with Gasteiger partial charge in [-0.3, -0.25) is 0 Å². The summed E-state index contributed by atoms with van der Waals surface area (Å²) in [6.07, 6.45) is 1.07. The number of rotatable bonds is 2. The number of nitrogens with one attached hydrogen (secondary N) is 1. The van der Waals surface area contributed by atoms with Crippen LogP contribution in [0.15, 0.2) is 71.9 Å². The van der Waals surface area contributed by atoms with Crippen molar-refractivity contribution >= 4 is 34.6 Å². The van der Waals surface area contributed by atoms with E-state index in [1.165, 1.54) is 12.4 Å². The van der Waals surface area contributed by atoms with Crippen molar-refractivity contribution in [3.05, 3.63) is 98.7 Å². The SMILES string of the molecule is Fc1ccccc1[C@@H]1C2=C(Nc3ncnn31)c1cc(Cl)ccc1O[C@H]2c1cccs1. The third-order valence-electron chi connectivity index (χ3n) is 5.38. The van der Waals surface area contributed by atoms with E-state index in [0.29, 0.717) is 22.3 Å². The lowest BCUT2D eigenvalue weighted by atomic mass is 9.86. The van der Waals surface area contributed by atoms with Crippen LogP contribution in [0.2, 0.25) is 5.02 Å². The molecule has 0 saturated carbocycles. The van der Waals surface area contributed by atoms with Gasteiger partial charge in [0.25, 0.3) is 0 Å². The molecule has 0 bridgehead atoms. The summed E-state index contributed by atoms with van der Waals surface area (Å²) in [6, 6.07) is 15.8. The molecule has 2 aliphatic heterocycles. The first-order chi connectivity index (χ1) is 14.7. The fourth-order valence-electron chi connectivity index (χ4n) is 4.12. The maximum atomic E-state index is 15.0. The van der Waals surface area contributed by atoms with Gasteiger partial charge in [0.05, 0.1) is 5.70 Å². The molecule has 1 N–H and O–H groups in total. The molecule has 148 valence electrons. The molecule has 0 spiro atoms. The molecule has 0 amide bonds. The second-order valence-corrected chi connectivity index (χ2v) is 8.48. The molecule has 4 heterocycles. The Kier molecular flexibility index (Phi) is 3.94. The van der Waals surface area contributed by atoms with E-state index in [1.54, 1.807) is 34.2 Å². The molecule has 0 radical (unpaired) electrons. The number of nitrogens with zero attached hydrogens (tertiary/aromatic N) is 3. The normalized spacial score (nSPS) is 19.4. The van der Waals surface area contributed by atoms with Gasteiger partial charge in [0.1, 0.15) is 23.9 Å². The summed E-state index contributed by atoms with van der Waals surface area (Å²) in [4.78, 5) is 5.37. The molecule has 6 rings (SSSR count). The lowest BCUT2D eigenvalue weighted by Gasteiger charge is -2.38. The highest BCUT2D eigenvalue weighted by Crippen LogP contribution is 2.51. The van der Waals surface area contributed by atoms with Crippen LogP contribution in [0, 0.1) is 5.82 Å². The van der Waals surface area contributed by atoms with E-state index in [-0.39, 0.29) is 5.82 Å². The molecule has 2 aliphatic rings. The first-order valence-corrected chi connectivity index (χ1v) is 10.6. The summed E-state index contributed by atoms with van der Waals surface area (Å²) in [5.74, 6) is 0.948. The van der Waals surface area contributed by atoms with Gasteiger partial charge >= 0.3 is 0 Å². The van der Waals surface area contributed by atoms with Gasteiger partial charge in [0.15, 0.2) is 6.10 Å². The Hall–Kier alpha value is -3.16. The van der Waals surface area contributed by atoms with E-state index in [0.717, 1.165) is 21.7 Å². The quantitative estimate of drug-likeness (QED) is 0.438. The van der Waals surface area contributed by atoms with E-state index in [4.69, 9.17) is 16.3 Å². The fraction of sp³-hybridized carbons (Fsp3) is 0.0909. The molecule has 0 fully saturated rings. The van der Waals surface area contributed by atoms with Crippen LogP contribution in [0.3, 0.4) is 0 Å². The maximum absolute atomic E-state index is 15.0. The van der Waals surface area contributed by atoms with Crippen molar-refractivity contribution in [1.82, 2.24) is 14.8 Å². The number of ether oxygens (including phenoxy) is 1. The van der Waals surface area contributed by atoms with Gasteiger partial charge in [-0.15, -0.1) is 11.3 Å². The molecule has 2 aromatic heterocycles. The maximum Gasteiger partial charge on any atom is 0.226 e. The van der Waals surface area contributed by atoms with E-state index in [9.17, 15) is 4.39 Å². The Morgan fingerprint density at radius 1 is 1.13 bits per heavy atom. The van der Waals surface area contributed by atoms with Crippen molar-refractivity contribution < 1.29 is 9.13 Å². The Morgan fingerprint density at radius 3 is 2.87 bits per heavy atom. The minimum atomic E-state index is -0.515. The zero-order valence-electron chi connectivity index (χ0n) is 15.4. The number of anilines is 1. The van der Waals surface area contributed by atoms with Gasteiger partial charge in [0, 0.05) is 26.6 Å². The summed E-state index contributed by atoms with van der Waals surface area (Å²) in [6.45, 7) is 0. The van der Waals surface area contributed by atoms with Gasteiger partial charge in [-0.05, 0) is 35.7 Å².